The molecule has 0 N–H and O–H groups in total. The van der Waals surface area contributed by atoms with E-state index in [-0.39, 0.29) is 12.4 Å². The van der Waals surface area contributed by atoms with Crippen LogP contribution >= 0.6 is 28.3 Å². The van der Waals surface area contributed by atoms with Gasteiger partial charge in [-0.3, -0.25) is 0 Å². The molecule has 1 atom stereocenters. The number of hydrogen-bond donors (Lipinski definition) is 0. The fourth-order valence-electron chi connectivity index (χ4n) is 1.41. The van der Waals surface area contributed by atoms with E-state index in [0.29, 0.717) is 10.2 Å². The van der Waals surface area contributed by atoms with Crippen molar-refractivity contribution in [2.24, 2.45) is 0 Å². The van der Waals surface area contributed by atoms with Crippen molar-refractivity contribution in [1.82, 2.24) is 0 Å². The van der Waals surface area contributed by atoms with Crippen molar-refractivity contribution in [2.45, 2.75) is 5.54 Å². The molecule has 96 valence electrons. The van der Waals surface area contributed by atoms with Gasteiger partial charge >= 0.3 is 8.80 Å². The number of nitriles is 1. The van der Waals surface area contributed by atoms with E-state index in [9.17, 15) is 5.26 Å². The smallest absolute Gasteiger partial charge is 0.467 e. The third-order valence-electron chi connectivity index (χ3n) is 2.24. The van der Waals surface area contributed by atoms with E-state index in [4.69, 9.17) is 17.7 Å². The summed E-state index contributed by atoms with van der Waals surface area (Å²) in [6.07, 6.45) is 1.49. The monoisotopic (exact) mass is 341 g/mol. The van der Waals surface area contributed by atoms with Gasteiger partial charge in [-0.1, -0.05) is 0 Å². The van der Waals surface area contributed by atoms with Gasteiger partial charge in [0.25, 0.3) is 0 Å². The first-order valence-corrected chi connectivity index (χ1v) is 7.02. The molecule has 0 fully saturated rings. The second kappa shape index (κ2) is 7.16. The van der Waals surface area contributed by atoms with Gasteiger partial charge in [-0.2, -0.15) is 5.26 Å². The molecule has 0 spiro atoms. The van der Waals surface area contributed by atoms with E-state index in [2.05, 4.69) is 22.0 Å². The van der Waals surface area contributed by atoms with Gasteiger partial charge < -0.3 is 17.7 Å². The molecule has 1 aromatic heterocycles. The number of nitrogens with zero attached hydrogens (tertiary/aromatic N) is 1. The second-order valence-corrected chi connectivity index (χ2v) is 6.77. The van der Waals surface area contributed by atoms with Crippen LogP contribution in [0.15, 0.2) is 21.2 Å². The topological polar surface area (TPSA) is 64.6 Å². The minimum absolute atomic E-state index is 0. The minimum Gasteiger partial charge on any atom is -0.467 e. The highest BCUT2D eigenvalue weighted by molar-refractivity contribution is 9.10. The summed E-state index contributed by atoms with van der Waals surface area (Å²) in [5, 5.41) is 9.22. The second-order valence-electron chi connectivity index (χ2n) is 2.91. The highest BCUT2D eigenvalue weighted by Gasteiger charge is 2.51. The van der Waals surface area contributed by atoms with E-state index in [1.165, 1.54) is 27.6 Å². The van der Waals surface area contributed by atoms with Crippen LogP contribution in [0.1, 0.15) is 11.3 Å². The zero-order valence-electron chi connectivity index (χ0n) is 9.60. The maximum atomic E-state index is 9.22. The predicted molar refractivity (Wildman–Crippen MR) is 68.8 cm³/mol. The molecule has 8 heteroatoms. The van der Waals surface area contributed by atoms with E-state index in [0.717, 1.165) is 0 Å². The van der Waals surface area contributed by atoms with Crippen LogP contribution in [0.5, 0.6) is 0 Å². The summed E-state index contributed by atoms with van der Waals surface area (Å²) in [6, 6.07) is 3.81. The zero-order valence-corrected chi connectivity index (χ0v) is 13.0. The lowest BCUT2D eigenvalue weighted by atomic mass is 10.3. The molecule has 0 aromatic carbocycles. The predicted octanol–water partition coefficient (Wildman–Crippen LogP) is 2.49. The lowest BCUT2D eigenvalue weighted by Crippen LogP contribution is -2.49. The summed E-state index contributed by atoms with van der Waals surface area (Å²) in [4.78, 5) is 0. The largest absolute Gasteiger partial charge is 0.526 e. The van der Waals surface area contributed by atoms with Gasteiger partial charge in [-0.25, -0.2) is 0 Å². The third kappa shape index (κ3) is 3.10. The maximum Gasteiger partial charge on any atom is 0.526 e. The summed E-state index contributed by atoms with van der Waals surface area (Å²) in [6.45, 7) is 0. The van der Waals surface area contributed by atoms with Crippen molar-refractivity contribution < 1.29 is 17.7 Å². The average molecular weight is 343 g/mol. The Labute approximate surface area is 116 Å². The fraction of sp³-hybridized carbons (Fsp3) is 0.444. The van der Waals surface area contributed by atoms with Gasteiger partial charge in [0.1, 0.15) is 5.76 Å². The van der Waals surface area contributed by atoms with E-state index in [1.54, 1.807) is 6.07 Å². The first kappa shape index (κ1) is 16.6. The Morgan fingerprint density at radius 3 is 2.18 bits per heavy atom. The molecule has 0 aliphatic carbocycles. The van der Waals surface area contributed by atoms with Gasteiger partial charge in [0.15, 0.2) is 5.54 Å². The average Bonchev–Trinajstić information content (AvgIpc) is 2.72. The standard InChI is InChI=1S/C9H12BrNO4Si.ClH/c1-12-16(13-2,14-3)8(6-11)9-7(10)4-5-15-9;/h4-5,8H,1-3H3;1H. The van der Waals surface area contributed by atoms with E-state index < -0.39 is 14.3 Å². The summed E-state index contributed by atoms with van der Waals surface area (Å²) in [7, 11) is 1.31. The van der Waals surface area contributed by atoms with Crippen LogP contribution in [0.4, 0.5) is 0 Å². The van der Waals surface area contributed by atoms with Crippen molar-refractivity contribution in [3.63, 3.8) is 0 Å². The first-order valence-electron chi connectivity index (χ1n) is 4.43. The van der Waals surface area contributed by atoms with Gasteiger partial charge in [-0.15, -0.1) is 12.4 Å². The Bertz CT molecular complexity index is 382. The van der Waals surface area contributed by atoms with Crippen molar-refractivity contribution in [3.8, 4) is 6.07 Å². The molecule has 0 aliphatic rings. The molecule has 1 unspecified atom stereocenters. The molecule has 5 nitrogen and oxygen atoms in total. The van der Waals surface area contributed by atoms with Gasteiger partial charge in [-0.05, 0) is 22.0 Å². The molecule has 0 aliphatic heterocycles. The van der Waals surface area contributed by atoms with Crippen LogP contribution in [0, 0.1) is 11.3 Å². The summed E-state index contributed by atoms with van der Waals surface area (Å²) < 4.78 is 21.7. The molecule has 1 rings (SSSR count). The van der Waals surface area contributed by atoms with Crippen molar-refractivity contribution in [1.29, 1.82) is 5.26 Å². The Morgan fingerprint density at radius 1 is 1.35 bits per heavy atom. The van der Waals surface area contributed by atoms with Crippen molar-refractivity contribution in [2.75, 3.05) is 21.3 Å². The molecular weight excluding hydrogens is 330 g/mol. The minimum atomic E-state index is -3.07. The quantitative estimate of drug-likeness (QED) is 0.769. The Hall–Kier alpha value is -0.363. The molecule has 0 amide bonds. The normalized spacial score (nSPS) is 12.6. The van der Waals surface area contributed by atoms with Gasteiger partial charge in [0.2, 0.25) is 0 Å². The highest BCUT2D eigenvalue weighted by Crippen LogP contribution is 2.33. The number of hydrogen-bond acceptors (Lipinski definition) is 5. The highest BCUT2D eigenvalue weighted by atomic mass is 79.9. The van der Waals surface area contributed by atoms with Crippen molar-refractivity contribution >= 4 is 37.1 Å². The molecule has 0 radical (unpaired) electrons. The van der Waals surface area contributed by atoms with Crippen LogP contribution in [0.2, 0.25) is 0 Å². The molecule has 1 aromatic rings. The molecule has 17 heavy (non-hydrogen) atoms. The van der Waals surface area contributed by atoms with Gasteiger partial charge in [0, 0.05) is 21.3 Å². The summed E-state index contributed by atoms with van der Waals surface area (Å²) in [5.41, 5.74) is -0.697. The first-order chi connectivity index (χ1) is 7.65. The molecule has 0 bridgehead atoms. The molecule has 0 saturated carbocycles. The maximum absolute atomic E-state index is 9.22. The van der Waals surface area contributed by atoms with Crippen LogP contribution in [-0.2, 0) is 13.3 Å². The third-order valence-corrected chi connectivity index (χ3v) is 5.70. The Balaban J connectivity index is 0.00000256. The molecule has 1 heterocycles. The fourth-order valence-corrected chi connectivity index (χ4v) is 3.96. The Morgan fingerprint density at radius 2 is 1.88 bits per heavy atom. The van der Waals surface area contributed by atoms with Crippen LogP contribution in [-0.4, -0.2) is 30.1 Å². The summed E-state index contributed by atoms with van der Waals surface area (Å²) in [5.74, 6) is 0.458. The number of halogens is 2. The van der Waals surface area contributed by atoms with Gasteiger partial charge in [0.05, 0.1) is 16.8 Å². The lowest BCUT2D eigenvalue weighted by Gasteiger charge is -2.27. The van der Waals surface area contributed by atoms with Crippen LogP contribution < -0.4 is 0 Å². The molecule has 0 saturated heterocycles. The van der Waals surface area contributed by atoms with Crippen LogP contribution in [0.25, 0.3) is 0 Å². The Kier molecular flexibility index (Phi) is 7.00. The SMILES string of the molecule is CO[Si](OC)(OC)C(C#N)c1occc1Br.Cl. The van der Waals surface area contributed by atoms with E-state index >= 15 is 0 Å². The number of rotatable bonds is 5. The zero-order chi connectivity index (χ0) is 12.2. The molecular formula is C9H13BrClNO4Si. The summed E-state index contributed by atoms with van der Waals surface area (Å²) >= 11 is 3.30. The van der Waals surface area contributed by atoms with Crippen molar-refractivity contribution in [3.05, 3.63) is 22.6 Å². The van der Waals surface area contributed by atoms with Crippen LogP contribution in [0.3, 0.4) is 0 Å². The number of furan rings is 1. The van der Waals surface area contributed by atoms with E-state index in [1.807, 2.05) is 0 Å². The lowest BCUT2D eigenvalue weighted by molar-refractivity contribution is 0.115.